The molecule has 1 aliphatic rings. The molecule has 0 unspecified atom stereocenters. The van der Waals surface area contributed by atoms with Crippen LogP contribution < -0.4 is 10.2 Å². The minimum Gasteiger partial charge on any atom is -0.362 e. The molecule has 0 bridgehead atoms. The van der Waals surface area contributed by atoms with Gasteiger partial charge in [-0.1, -0.05) is 18.2 Å². The molecule has 8 heteroatoms. The number of anilines is 1. The lowest BCUT2D eigenvalue weighted by Gasteiger charge is -2.25. The van der Waals surface area contributed by atoms with E-state index in [1.54, 1.807) is 18.3 Å². The zero-order chi connectivity index (χ0) is 23.4. The van der Waals surface area contributed by atoms with Gasteiger partial charge >= 0.3 is 0 Å². The first-order chi connectivity index (χ1) is 15.9. The van der Waals surface area contributed by atoms with E-state index in [0.29, 0.717) is 17.8 Å². The third kappa shape index (κ3) is 5.34. The fourth-order valence-corrected chi connectivity index (χ4v) is 4.23. The number of aryl methyl sites for hydroxylation is 1. The molecule has 2 aromatic heterocycles. The average molecular weight is 449 g/mol. The summed E-state index contributed by atoms with van der Waals surface area (Å²) in [5.41, 5.74) is 3.10. The fourth-order valence-electron chi connectivity index (χ4n) is 4.23. The third-order valence-electron chi connectivity index (χ3n) is 5.94. The van der Waals surface area contributed by atoms with Gasteiger partial charge in [-0.2, -0.15) is 0 Å². The van der Waals surface area contributed by atoms with Crippen LogP contribution in [0.5, 0.6) is 0 Å². The number of aromatic nitrogens is 3. The molecule has 1 N–H and O–H groups in total. The average Bonchev–Trinajstić information content (AvgIpc) is 3.27. The van der Waals surface area contributed by atoms with Gasteiger partial charge in [-0.05, 0) is 50.1 Å². The topological polar surface area (TPSA) is 74.2 Å². The molecule has 1 aliphatic heterocycles. The molecule has 0 aliphatic carbocycles. The van der Waals surface area contributed by atoms with Gasteiger partial charge in [0.15, 0.2) is 0 Å². The maximum absolute atomic E-state index is 13.1. The van der Waals surface area contributed by atoms with Crippen molar-refractivity contribution in [3.8, 4) is 0 Å². The molecule has 1 atom stereocenters. The number of likely N-dealkylation sites (tertiary alicyclic amines) is 1. The van der Waals surface area contributed by atoms with Crippen LogP contribution in [0.2, 0.25) is 0 Å². The largest absolute Gasteiger partial charge is 0.362 e. The number of nitrogens with zero attached hydrogens (tertiary/aromatic N) is 5. The summed E-state index contributed by atoms with van der Waals surface area (Å²) in [6.07, 6.45) is 5.48. The van der Waals surface area contributed by atoms with Gasteiger partial charge in [0.1, 0.15) is 17.5 Å². The number of carbonyl (C=O) groups is 1. The normalized spacial score (nSPS) is 16.1. The molecule has 0 spiro atoms. The van der Waals surface area contributed by atoms with E-state index in [9.17, 15) is 9.18 Å². The summed E-state index contributed by atoms with van der Waals surface area (Å²) in [6, 6.07) is 10.2. The van der Waals surface area contributed by atoms with Crippen molar-refractivity contribution in [1.29, 1.82) is 0 Å². The molecular formula is C25H29FN6O. The molecule has 1 saturated heterocycles. The van der Waals surface area contributed by atoms with Crippen LogP contribution in [0.15, 0.2) is 48.8 Å². The molecule has 1 fully saturated rings. The lowest BCUT2D eigenvalue weighted by molar-refractivity contribution is 0.0949. The van der Waals surface area contributed by atoms with E-state index in [1.165, 1.54) is 17.7 Å². The van der Waals surface area contributed by atoms with Crippen molar-refractivity contribution in [3.63, 3.8) is 0 Å². The molecule has 172 valence electrons. The minimum absolute atomic E-state index is 0.107. The highest BCUT2D eigenvalue weighted by Gasteiger charge is 2.29. The monoisotopic (exact) mass is 448 g/mol. The molecule has 7 nitrogen and oxygen atoms in total. The standard InChI is InChI=1S/C25H29FN6O/c1-17-21(25(33)29-14-18-8-10-20(26)11-9-18)15-28-23(30-17)22-7-5-13-32(22)16-19-6-4-12-27-24(19)31(2)3/h4,6,8-12,15,22H,5,7,13-14,16H2,1-3H3,(H,29,33)/t22-/m1/s1. The van der Waals surface area contributed by atoms with Gasteiger partial charge in [-0.15, -0.1) is 0 Å². The number of carbonyl (C=O) groups excluding carboxylic acids is 1. The van der Waals surface area contributed by atoms with Crippen LogP contribution in [0.4, 0.5) is 10.2 Å². The maximum atomic E-state index is 13.1. The van der Waals surface area contributed by atoms with Crippen molar-refractivity contribution in [2.45, 2.75) is 38.9 Å². The highest BCUT2D eigenvalue weighted by atomic mass is 19.1. The van der Waals surface area contributed by atoms with Gasteiger partial charge in [0, 0.05) is 45.1 Å². The second-order valence-electron chi connectivity index (χ2n) is 8.55. The first-order valence-electron chi connectivity index (χ1n) is 11.1. The molecule has 1 amide bonds. The van der Waals surface area contributed by atoms with Gasteiger partial charge in [-0.3, -0.25) is 9.69 Å². The maximum Gasteiger partial charge on any atom is 0.254 e. The van der Waals surface area contributed by atoms with Crippen LogP contribution in [0.1, 0.15) is 51.9 Å². The summed E-state index contributed by atoms with van der Waals surface area (Å²) in [5, 5.41) is 2.86. The molecule has 0 saturated carbocycles. The Morgan fingerprint density at radius 1 is 1.21 bits per heavy atom. The summed E-state index contributed by atoms with van der Waals surface area (Å²) >= 11 is 0. The predicted molar refractivity (Wildman–Crippen MR) is 125 cm³/mol. The zero-order valence-electron chi connectivity index (χ0n) is 19.3. The van der Waals surface area contributed by atoms with Gasteiger partial charge in [0.2, 0.25) is 0 Å². The first-order valence-corrected chi connectivity index (χ1v) is 11.1. The molecule has 3 heterocycles. The third-order valence-corrected chi connectivity index (χ3v) is 5.94. The summed E-state index contributed by atoms with van der Waals surface area (Å²) in [7, 11) is 4.00. The fraction of sp³-hybridized carbons (Fsp3) is 0.360. The highest BCUT2D eigenvalue weighted by Crippen LogP contribution is 2.32. The lowest BCUT2D eigenvalue weighted by atomic mass is 10.1. The Morgan fingerprint density at radius 2 is 2.00 bits per heavy atom. The quantitative estimate of drug-likeness (QED) is 0.595. The number of benzene rings is 1. The second-order valence-corrected chi connectivity index (χ2v) is 8.55. The van der Waals surface area contributed by atoms with E-state index < -0.39 is 0 Å². The van der Waals surface area contributed by atoms with E-state index in [-0.39, 0.29) is 17.8 Å². The number of amides is 1. The van der Waals surface area contributed by atoms with E-state index in [1.807, 2.05) is 38.2 Å². The van der Waals surface area contributed by atoms with Crippen LogP contribution in [-0.4, -0.2) is 46.4 Å². The lowest BCUT2D eigenvalue weighted by Crippen LogP contribution is -2.27. The smallest absolute Gasteiger partial charge is 0.254 e. The van der Waals surface area contributed by atoms with Crippen LogP contribution in [-0.2, 0) is 13.1 Å². The highest BCUT2D eigenvalue weighted by molar-refractivity contribution is 5.94. The Kier molecular flexibility index (Phi) is 6.93. The number of pyridine rings is 1. The number of nitrogens with one attached hydrogen (secondary N) is 1. The van der Waals surface area contributed by atoms with Crippen molar-refractivity contribution in [2.24, 2.45) is 0 Å². The van der Waals surface area contributed by atoms with Crippen molar-refractivity contribution in [2.75, 3.05) is 25.5 Å². The second kappa shape index (κ2) is 10.0. The van der Waals surface area contributed by atoms with Gasteiger partial charge in [-0.25, -0.2) is 19.3 Å². The van der Waals surface area contributed by atoms with Gasteiger partial charge in [0.05, 0.1) is 17.3 Å². The summed E-state index contributed by atoms with van der Waals surface area (Å²) < 4.78 is 13.1. The van der Waals surface area contributed by atoms with Crippen molar-refractivity contribution in [1.82, 2.24) is 25.2 Å². The predicted octanol–water partition coefficient (Wildman–Crippen LogP) is 3.65. The van der Waals surface area contributed by atoms with E-state index >= 15 is 0 Å². The number of hydrogen-bond donors (Lipinski definition) is 1. The van der Waals surface area contributed by atoms with Gasteiger partial charge in [0.25, 0.3) is 5.91 Å². The molecule has 1 aromatic carbocycles. The molecule has 4 rings (SSSR count). The van der Waals surface area contributed by atoms with Crippen molar-refractivity contribution < 1.29 is 9.18 Å². The first kappa shape index (κ1) is 22.8. The van der Waals surface area contributed by atoms with Gasteiger partial charge < -0.3 is 10.2 Å². The van der Waals surface area contributed by atoms with E-state index in [2.05, 4.69) is 26.3 Å². The summed E-state index contributed by atoms with van der Waals surface area (Å²) in [6.45, 7) is 3.89. The Morgan fingerprint density at radius 3 is 2.73 bits per heavy atom. The summed E-state index contributed by atoms with van der Waals surface area (Å²) in [5.74, 6) is 1.17. The van der Waals surface area contributed by atoms with Crippen LogP contribution in [0.3, 0.4) is 0 Å². The minimum atomic E-state index is -0.299. The Labute approximate surface area is 193 Å². The Balaban J connectivity index is 1.45. The molecule has 3 aromatic rings. The molecule has 0 radical (unpaired) electrons. The number of rotatable bonds is 7. The Bertz CT molecular complexity index is 1120. The van der Waals surface area contributed by atoms with E-state index in [4.69, 9.17) is 4.98 Å². The van der Waals surface area contributed by atoms with Crippen molar-refractivity contribution >= 4 is 11.7 Å². The van der Waals surface area contributed by atoms with Crippen LogP contribution in [0.25, 0.3) is 0 Å². The summed E-state index contributed by atoms with van der Waals surface area (Å²) in [4.78, 5) is 30.9. The number of hydrogen-bond acceptors (Lipinski definition) is 6. The van der Waals surface area contributed by atoms with Crippen LogP contribution in [0, 0.1) is 12.7 Å². The zero-order valence-corrected chi connectivity index (χ0v) is 19.3. The van der Waals surface area contributed by atoms with Crippen molar-refractivity contribution in [3.05, 3.63) is 82.8 Å². The molecular weight excluding hydrogens is 419 g/mol. The Hall–Kier alpha value is -3.39. The van der Waals surface area contributed by atoms with E-state index in [0.717, 1.165) is 43.1 Å². The molecule has 33 heavy (non-hydrogen) atoms. The SMILES string of the molecule is Cc1nc([C@H]2CCCN2Cc2cccnc2N(C)C)ncc1C(=O)NCc1ccc(F)cc1. The van der Waals surface area contributed by atoms with Crippen LogP contribution >= 0.6 is 0 Å². The number of halogens is 1.